The van der Waals surface area contributed by atoms with E-state index in [0.717, 1.165) is 32.5 Å². The summed E-state index contributed by atoms with van der Waals surface area (Å²) >= 11 is 0. The zero-order chi connectivity index (χ0) is 13.7. The Balaban J connectivity index is 2.07. The average molecular weight is 262 g/mol. The molecule has 1 fully saturated rings. The molecule has 1 atom stereocenters. The number of hydrogen-bond acceptors (Lipinski definition) is 4. The maximum absolute atomic E-state index is 12.4. The van der Waals surface area contributed by atoms with Gasteiger partial charge in [0.15, 0.2) is 0 Å². The van der Waals surface area contributed by atoms with Gasteiger partial charge in [-0.3, -0.25) is 9.78 Å². The van der Waals surface area contributed by atoms with E-state index >= 15 is 0 Å². The summed E-state index contributed by atoms with van der Waals surface area (Å²) in [6.07, 6.45) is 6.55. The summed E-state index contributed by atoms with van der Waals surface area (Å²) in [5.41, 5.74) is 0.438. The van der Waals surface area contributed by atoms with E-state index in [4.69, 9.17) is 0 Å². The molecule has 104 valence electrons. The van der Waals surface area contributed by atoms with Gasteiger partial charge in [-0.2, -0.15) is 0 Å². The SMILES string of the molecule is CCNc1cncc(C(=O)N2CCCC(C)CC2)n1. The fourth-order valence-electron chi connectivity index (χ4n) is 2.36. The molecule has 2 rings (SSSR count). The fraction of sp³-hybridized carbons (Fsp3) is 0.643. The van der Waals surface area contributed by atoms with Crippen LogP contribution >= 0.6 is 0 Å². The first kappa shape index (κ1) is 13.8. The van der Waals surface area contributed by atoms with Crippen molar-refractivity contribution in [2.45, 2.75) is 33.1 Å². The van der Waals surface area contributed by atoms with Crippen LogP contribution in [0.5, 0.6) is 0 Å². The Labute approximate surface area is 114 Å². The number of likely N-dealkylation sites (tertiary alicyclic amines) is 1. The van der Waals surface area contributed by atoms with E-state index < -0.39 is 0 Å². The molecule has 1 unspecified atom stereocenters. The quantitative estimate of drug-likeness (QED) is 0.907. The van der Waals surface area contributed by atoms with Crippen LogP contribution in [-0.4, -0.2) is 40.4 Å². The summed E-state index contributed by atoms with van der Waals surface area (Å²) in [5, 5.41) is 3.08. The van der Waals surface area contributed by atoms with E-state index in [-0.39, 0.29) is 5.91 Å². The molecule has 0 radical (unpaired) electrons. The van der Waals surface area contributed by atoms with Crippen LogP contribution in [0, 0.1) is 5.92 Å². The molecule has 0 bridgehead atoms. The molecule has 1 aromatic rings. The molecule has 1 saturated heterocycles. The number of nitrogens with zero attached hydrogens (tertiary/aromatic N) is 3. The first-order valence-electron chi connectivity index (χ1n) is 7.06. The predicted molar refractivity (Wildman–Crippen MR) is 75.1 cm³/mol. The zero-order valence-electron chi connectivity index (χ0n) is 11.7. The van der Waals surface area contributed by atoms with Crippen LogP contribution in [-0.2, 0) is 0 Å². The van der Waals surface area contributed by atoms with Gasteiger partial charge in [0.2, 0.25) is 0 Å². The summed E-state index contributed by atoms with van der Waals surface area (Å²) in [4.78, 5) is 22.7. The normalized spacial score (nSPS) is 19.9. The van der Waals surface area contributed by atoms with Crippen molar-refractivity contribution in [3.63, 3.8) is 0 Å². The number of carbonyl (C=O) groups is 1. The van der Waals surface area contributed by atoms with Crippen LogP contribution in [0.4, 0.5) is 5.82 Å². The molecular weight excluding hydrogens is 240 g/mol. The first-order chi connectivity index (χ1) is 9.20. The predicted octanol–water partition coefficient (Wildman–Crippen LogP) is 2.17. The third kappa shape index (κ3) is 3.66. The van der Waals surface area contributed by atoms with Crippen molar-refractivity contribution in [3.05, 3.63) is 18.1 Å². The van der Waals surface area contributed by atoms with E-state index in [0.29, 0.717) is 17.4 Å². The third-order valence-corrected chi connectivity index (χ3v) is 3.52. The van der Waals surface area contributed by atoms with Gasteiger partial charge < -0.3 is 10.2 Å². The van der Waals surface area contributed by atoms with Crippen LogP contribution in [0.3, 0.4) is 0 Å². The summed E-state index contributed by atoms with van der Waals surface area (Å²) < 4.78 is 0. The molecule has 0 spiro atoms. The van der Waals surface area contributed by atoms with Crippen molar-refractivity contribution < 1.29 is 4.79 Å². The van der Waals surface area contributed by atoms with Crippen LogP contribution in [0.2, 0.25) is 0 Å². The molecule has 0 saturated carbocycles. The Morgan fingerprint density at radius 1 is 1.42 bits per heavy atom. The highest BCUT2D eigenvalue weighted by Gasteiger charge is 2.21. The van der Waals surface area contributed by atoms with Crippen molar-refractivity contribution in [3.8, 4) is 0 Å². The molecule has 5 nitrogen and oxygen atoms in total. The van der Waals surface area contributed by atoms with Crippen molar-refractivity contribution in [2.24, 2.45) is 5.92 Å². The zero-order valence-corrected chi connectivity index (χ0v) is 11.7. The number of rotatable bonds is 3. The van der Waals surface area contributed by atoms with E-state index in [1.54, 1.807) is 12.4 Å². The minimum absolute atomic E-state index is 0.00125. The number of aromatic nitrogens is 2. The highest BCUT2D eigenvalue weighted by Crippen LogP contribution is 2.18. The second-order valence-corrected chi connectivity index (χ2v) is 5.15. The summed E-state index contributed by atoms with van der Waals surface area (Å²) in [6, 6.07) is 0. The van der Waals surface area contributed by atoms with Gasteiger partial charge >= 0.3 is 0 Å². The Bertz CT molecular complexity index is 435. The number of amides is 1. The maximum atomic E-state index is 12.4. The number of nitrogens with one attached hydrogen (secondary N) is 1. The van der Waals surface area contributed by atoms with Crippen molar-refractivity contribution >= 4 is 11.7 Å². The maximum Gasteiger partial charge on any atom is 0.274 e. The van der Waals surface area contributed by atoms with Gasteiger partial charge in [0, 0.05) is 19.6 Å². The van der Waals surface area contributed by atoms with E-state index in [1.807, 2.05) is 11.8 Å². The third-order valence-electron chi connectivity index (χ3n) is 3.52. The lowest BCUT2D eigenvalue weighted by Gasteiger charge is -2.20. The molecular formula is C14H22N4O. The monoisotopic (exact) mass is 262 g/mol. The molecule has 1 amide bonds. The lowest BCUT2D eigenvalue weighted by atomic mass is 10.0. The number of hydrogen-bond donors (Lipinski definition) is 1. The summed E-state index contributed by atoms with van der Waals surface area (Å²) in [6.45, 7) is 6.67. The lowest BCUT2D eigenvalue weighted by molar-refractivity contribution is 0.0754. The summed E-state index contributed by atoms with van der Waals surface area (Å²) in [5.74, 6) is 1.37. The lowest BCUT2D eigenvalue weighted by Crippen LogP contribution is -2.32. The fourth-order valence-corrected chi connectivity index (χ4v) is 2.36. The van der Waals surface area contributed by atoms with E-state index in [2.05, 4.69) is 22.2 Å². The average Bonchev–Trinajstić information content (AvgIpc) is 2.63. The Morgan fingerprint density at radius 3 is 3.05 bits per heavy atom. The highest BCUT2D eigenvalue weighted by atomic mass is 16.2. The minimum atomic E-state index is 0.00125. The van der Waals surface area contributed by atoms with Gasteiger partial charge in [0.25, 0.3) is 5.91 Å². The second-order valence-electron chi connectivity index (χ2n) is 5.15. The molecule has 0 aromatic carbocycles. The van der Waals surface area contributed by atoms with Gasteiger partial charge in [0.1, 0.15) is 11.5 Å². The molecule has 19 heavy (non-hydrogen) atoms. The molecule has 1 aromatic heterocycles. The first-order valence-corrected chi connectivity index (χ1v) is 7.06. The van der Waals surface area contributed by atoms with Crippen LogP contribution < -0.4 is 5.32 Å². The van der Waals surface area contributed by atoms with E-state index in [9.17, 15) is 4.79 Å². The second kappa shape index (κ2) is 6.50. The minimum Gasteiger partial charge on any atom is -0.369 e. The molecule has 1 aliphatic rings. The Hall–Kier alpha value is -1.65. The van der Waals surface area contributed by atoms with Crippen LogP contribution in [0.1, 0.15) is 43.6 Å². The molecule has 5 heteroatoms. The topological polar surface area (TPSA) is 58.1 Å². The Kier molecular flexibility index (Phi) is 4.71. The molecule has 1 aliphatic heterocycles. The number of anilines is 1. The van der Waals surface area contributed by atoms with Gasteiger partial charge in [-0.25, -0.2) is 4.98 Å². The summed E-state index contributed by atoms with van der Waals surface area (Å²) in [7, 11) is 0. The highest BCUT2D eigenvalue weighted by molar-refractivity contribution is 5.92. The number of carbonyl (C=O) groups excluding carboxylic acids is 1. The van der Waals surface area contributed by atoms with Gasteiger partial charge in [-0.05, 0) is 32.1 Å². The van der Waals surface area contributed by atoms with Crippen molar-refractivity contribution in [1.82, 2.24) is 14.9 Å². The van der Waals surface area contributed by atoms with Gasteiger partial charge in [0.05, 0.1) is 12.4 Å². The largest absolute Gasteiger partial charge is 0.369 e. The van der Waals surface area contributed by atoms with Crippen molar-refractivity contribution in [1.29, 1.82) is 0 Å². The van der Waals surface area contributed by atoms with Crippen LogP contribution in [0.15, 0.2) is 12.4 Å². The Morgan fingerprint density at radius 2 is 2.26 bits per heavy atom. The van der Waals surface area contributed by atoms with Gasteiger partial charge in [-0.1, -0.05) is 6.92 Å². The van der Waals surface area contributed by atoms with E-state index in [1.165, 1.54) is 6.42 Å². The molecule has 1 N–H and O–H groups in total. The molecule has 0 aliphatic carbocycles. The van der Waals surface area contributed by atoms with Crippen molar-refractivity contribution in [2.75, 3.05) is 25.0 Å². The standard InChI is InChI=1S/C14H22N4O/c1-3-16-13-10-15-9-12(17-13)14(19)18-7-4-5-11(2)6-8-18/h9-11H,3-8H2,1-2H3,(H,16,17). The van der Waals surface area contributed by atoms with Crippen LogP contribution in [0.25, 0.3) is 0 Å². The molecule has 2 heterocycles. The smallest absolute Gasteiger partial charge is 0.274 e. The van der Waals surface area contributed by atoms with Gasteiger partial charge in [-0.15, -0.1) is 0 Å².